The van der Waals surface area contributed by atoms with E-state index in [0.29, 0.717) is 0 Å². The van der Waals surface area contributed by atoms with Gasteiger partial charge in [-0.25, -0.2) is 0 Å². The maximum absolute atomic E-state index is 12.9. The molecule has 0 aromatic rings. The van der Waals surface area contributed by atoms with Crippen LogP contribution in [0.15, 0.2) is 0 Å². The third-order valence-corrected chi connectivity index (χ3v) is 5.73. The molecule has 0 N–H and O–H groups in total. The van der Waals surface area contributed by atoms with E-state index in [2.05, 4.69) is 11.8 Å². The van der Waals surface area contributed by atoms with Crippen molar-refractivity contribution in [1.29, 1.82) is 0 Å². The van der Waals surface area contributed by atoms with E-state index in [0.717, 1.165) is 25.7 Å². The molecule has 1 saturated carbocycles. The lowest BCUT2D eigenvalue weighted by Gasteiger charge is -2.31. The van der Waals surface area contributed by atoms with Gasteiger partial charge in [-0.3, -0.25) is 13.6 Å². The quantitative estimate of drug-likeness (QED) is 0.564. The Hall–Kier alpha value is -0.730. The third-order valence-electron chi connectivity index (χ3n) is 3.10. The summed E-state index contributed by atoms with van der Waals surface area (Å²) in [4.78, 5) is 0. The Morgan fingerprint density at radius 3 is 1.89 bits per heavy atom. The number of terminal acetylenes is 2. The fourth-order valence-electron chi connectivity index (χ4n) is 2.10. The van der Waals surface area contributed by atoms with E-state index in [1.807, 2.05) is 0 Å². The topological polar surface area (TPSA) is 35.5 Å². The Kier molecular flexibility index (Phi) is 5.97. The summed E-state index contributed by atoms with van der Waals surface area (Å²) in [6.07, 6.45) is 14.5. The minimum Gasteiger partial charge on any atom is -0.292 e. The predicted octanol–water partition coefficient (Wildman–Crippen LogP) is 3.59. The zero-order valence-electron chi connectivity index (χ0n) is 11.1. The van der Waals surface area contributed by atoms with Crippen LogP contribution in [0.1, 0.15) is 46.0 Å². The van der Waals surface area contributed by atoms with Crippen LogP contribution < -0.4 is 0 Å². The molecule has 1 rings (SSSR count). The second-order valence-corrected chi connectivity index (χ2v) is 6.89. The Morgan fingerprint density at radius 1 is 1.06 bits per heavy atom. The summed E-state index contributed by atoms with van der Waals surface area (Å²) in [5, 5.41) is 0. The fraction of sp³-hybridized carbons (Fsp3) is 0.714. The lowest BCUT2D eigenvalue weighted by molar-refractivity contribution is 0.160. The molecule has 0 radical (unpaired) electrons. The van der Waals surface area contributed by atoms with Crippen LogP contribution >= 0.6 is 7.60 Å². The molecule has 0 bridgehead atoms. The van der Waals surface area contributed by atoms with Gasteiger partial charge in [0.15, 0.2) is 0 Å². The van der Waals surface area contributed by atoms with E-state index in [1.54, 1.807) is 13.8 Å². The molecule has 2 atom stereocenters. The standard InChI is InChI=1S/C14H21O3P/c1-5-12(3)16-18(15,17-13(4)6-2)14-10-8-7-9-11-14/h1-2,12-14H,7-11H2,3-4H3. The van der Waals surface area contributed by atoms with Crippen LogP contribution in [0.4, 0.5) is 0 Å². The molecule has 0 heterocycles. The van der Waals surface area contributed by atoms with Crippen LogP contribution in [0.2, 0.25) is 0 Å². The van der Waals surface area contributed by atoms with Crippen molar-refractivity contribution in [2.24, 2.45) is 0 Å². The minimum absolute atomic E-state index is 0.0714. The molecule has 1 aliphatic rings. The molecule has 100 valence electrons. The molecule has 0 aliphatic heterocycles. The zero-order valence-corrected chi connectivity index (χ0v) is 12.0. The highest BCUT2D eigenvalue weighted by Gasteiger charge is 2.39. The Morgan fingerprint density at radius 2 is 1.50 bits per heavy atom. The van der Waals surface area contributed by atoms with Crippen LogP contribution in [-0.4, -0.2) is 17.9 Å². The molecule has 4 heteroatoms. The van der Waals surface area contributed by atoms with Gasteiger partial charge in [0.1, 0.15) is 12.2 Å². The van der Waals surface area contributed by atoms with Crippen LogP contribution in [0.3, 0.4) is 0 Å². The predicted molar refractivity (Wildman–Crippen MR) is 73.2 cm³/mol. The van der Waals surface area contributed by atoms with Gasteiger partial charge in [-0.1, -0.05) is 31.1 Å². The maximum atomic E-state index is 12.9. The van der Waals surface area contributed by atoms with Crippen LogP contribution in [0.25, 0.3) is 0 Å². The van der Waals surface area contributed by atoms with Gasteiger partial charge < -0.3 is 0 Å². The van der Waals surface area contributed by atoms with Crippen molar-refractivity contribution in [1.82, 2.24) is 0 Å². The summed E-state index contributed by atoms with van der Waals surface area (Å²) < 4.78 is 23.9. The Labute approximate surface area is 110 Å². The van der Waals surface area contributed by atoms with Crippen LogP contribution in [-0.2, 0) is 13.6 Å². The van der Waals surface area contributed by atoms with Gasteiger partial charge in [-0.2, -0.15) is 0 Å². The van der Waals surface area contributed by atoms with E-state index in [1.165, 1.54) is 6.42 Å². The van der Waals surface area contributed by atoms with Gasteiger partial charge in [0.05, 0.1) is 5.66 Å². The first-order chi connectivity index (χ1) is 8.51. The summed E-state index contributed by atoms with van der Waals surface area (Å²) in [6.45, 7) is 3.39. The molecular weight excluding hydrogens is 247 g/mol. The molecule has 18 heavy (non-hydrogen) atoms. The highest BCUT2D eigenvalue weighted by atomic mass is 31.2. The first-order valence-corrected chi connectivity index (χ1v) is 8.02. The van der Waals surface area contributed by atoms with E-state index < -0.39 is 19.8 Å². The highest BCUT2D eigenvalue weighted by Crippen LogP contribution is 2.58. The summed E-state index contributed by atoms with van der Waals surface area (Å²) in [5.41, 5.74) is -0.0714. The summed E-state index contributed by atoms with van der Waals surface area (Å²) in [6, 6.07) is 0. The molecule has 0 amide bonds. The van der Waals surface area contributed by atoms with Crippen molar-refractivity contribution < 1.29 is 13.6 Å². The van der Waals surface area contributed by atoms with Crippen molar-refractivity contribution in [3.05, 3.63) is 0 Å². The molecule has 0 saturated heterocycles. The maximum Gasteiger partial charge on any atom is 0.336 e. The lowest BCUT2D eigenvalue weighted by atomic mass is 10.0. The van der Waals surface area contributed by atoms with Crippen molar-refractivity contribution >= 4 is 7.60 Å². The Balaban J connectivity index is 2.82. The largest absolute Gasteiger partial charge is 0.336 e. The van der Waals surface area contributed by atoms with Gasteiger partial charge in [0.25, 0.3) is 0 Å². The molecule has 0 aromatic heterocycles. The SMILES string of the molecule is C#CC(C)OP(=O)(OC(C)C#C)C1CCCCC1. The molecule has 0 spiro atoms. The van der Waals surface area contributed by atoms with Gasteiger partial charge >= 0.3 is 7.60 Å². The van der Waals surface area contributed by atoms with E-state index in [-0.39, 0.29) is 5.66 Å². The Bertz CT molecular complexity index is 359. The molecule has 1 aliphatic carbocycles. The first-order valence-electron chi connectivity index (χ1n) is 6.40. The van der Waals surface area contributed by atoms with Crippen LogP contribution in [0, 0.1) is 24.7 Å². The van der Waals surface area contributed by atoms with E-state index in [4.69, 9.17) is 21.9 Å². The summed E-state index contributed by atoms with van der Waals surface area (Å²) >= 11 is 0. The lowest BCUT2D eigenvalue weighted by Crippen LogP contribution is -2.21. The van der Waals surface area contributed by atoms with E-state index in [9.17, 15) is 4.57 Å². The molecule has 3 nitrogen and oxygen atoms in total. The van der Waals surface area contributed by atoms with Gasteiger partial charge in [0, 0.05) is 0 Å². The first kappa shape index (κ1) is 15.3. The second-order valence-electron chi connectivity index (χ2n) is 4.66. The normalized spacial score (nSPS) is 23.3. The van der Waals surface area contributed by atoms with E-state index >= 15 is 0 Å². The fourth-order valence-corrected chi connectivity index (χ4v) is 4.49. The smallest absolute Gasteiger partial charge is 0.292 e. The second kappa shape index (κ2) is 7.01. The van der Waals surface area contributed by atoms with Crippen molar-refractivity contribution in [2.45, 2.75) is 63.8 Å². The average Bonchev–Trinajstić information content (AvgIpc) is 2.39. The van der Waals surface area contributed by atoms with Crippen molar-refractivity contribution in [3.8, 4) is 24.7 Å². The van der Waals surface area contributed by atoms with Crippen molar-refractivity contribution in [2.75, 3.05) is 0 Å². The van der Waals surface area contributed by atoms with Crippen molar-refractivity contribution in [3.63, 3.8) is 0 Å². The molecule has 0 aromatic carbocycles. The molecule has 2 unspecified atom stereocenters. The molecule has 1 fully saturated rings. The monoisotopic (exact) mass is 268 g/mol. The average molecular weight is 268 g/mol. The number of rotatable bonds is 5. The summed E-state index contributed by atoms with van der Waals surface area (Å²) in [7, 11) is -3.23. The highest BCUT2D eigenvalue weighted by molar-refractivity contribution is 7.54. The van der Waals surface area contributed by atoms with Gasteiger partial charge in [0.2, 0.25) is 0 Å². The molecular formula is C14H21O3P. The third kappa shape index (κ3) is 4.18. The minimum atomic E-state index is -3.23. The number of hydrogen-bond donors (Lipinski definition) is 0. The summed E-state index contributed by atoms with van der Waals surface area (Å²) in [5.74, 6) is 4.85. The van der Waals surface area contributed by atoms with Gasteiger partial charge in [-0.15, -0.1) is 12.8 Å². The van der Waals surface area contributed by atoms with Gasteiger partial charge in [-0.05, 0) is 26.7 Å². The number of hydrogen-bond acceptors (Lipinski definition) is 3. The van der Waals surface area contributed by atoms with Crippen LogP contribution in [0.5, 0.6) is 0 Å². The zero-order chi connectivity index (χ0) is 13.6.